The SMILES string of the molecule is CC1=C(C(=O)OCc2ccccc2)C(c2cccc3ccccc23)n2nnnc2N1CC#N.CCOC(=O)CN1C(C)=C(C(=O)OCc2ccccc2)C(c2cccc3ccccc23)n2nnnc21. The summed E-state index contributed by atoms with van der Waals surface area (Å²) in [6.07, 6.45) is 0. The molecule has 2 aromatic heterocycles. The second kappa shape index (κ2) is 20.2. The number of benzene rings is 6. The monoisotopic (exact) mass is 919 g/mol. The van der Waals surface area contributed by atoms with Gasteiger partial charge in [-0.15, -0.1) is 0 Å². The van der Waals surface area contributed by atoms with Crippen molar-refractivity contribution in [3.8, 4) is 6.07 Å². The fourth-order valence-corrected chi connectivity index (χ4v) is 8.76. The summed E-state index contributed by atoms with van der Waals surface area (Å²) in [5, 5.41) is 37.9. The van der Waals surface area contributed by atoms with E-state index in [1.807, 2.05) is 146 Å². The highest BCUT2D eigenvalue weighted by molar-refractivity contribution is 5.97. The molecule has 8 aromatic rings. The van der Waals surface area contributed by atoms with Crippen molar-refractivity contribution in [2.75, 3.05) is 29.5 Å². The minimum Gasteiger partial charge on any atom is -0.465 e. The average Bonchev–Trinajstić information content (AvgIpc) is 4.08. The van der Waals surface area contributed by atoms with E-state index in [9.17, 15) is 19.6 Å². The molecule has 0 N–H and O–H groups in total. The molecule has 2 aliphatic rings. The summed E-state index contributed by atoms with van der Waals surface area (Å²) in [6.45, 7) is 5.66. The van der Waals surface area contributed by atoms with E-state index in [0.717, 1.165) is 43.8 Å². The Bertz CT molecular complexity index is 3280. The second-order valence-corrected chi connectivity index (χ2v) is 16.0. The van der Waals surface area contributed by atoms with Gasteiger partial charge in [0, 0.05) is 11.4 Å². The molecular formula is C52H45N11O6. The highest BCUT2D eigenvalue weighted by Crippen LogP contribution is 2.42. The van der Waals surface area contributed by atoms with Gasteiger partial charge in [0.1, 0.15) is 38.4 Å². The first-order valence-corrected chi connectivity index (χ1v) is 22.2. The van der Waals surface area contributed by atoms with Crippen LogP contribution in [0.3, 0.4) is 0 Å². The van der Waals surface area contributed by atoms with Crippen molar-refractivity contribution in [1.29, 1.82) is 5.26 Å². The molecule has 0 aliphatic carbocycles. The Balaban J connectivity index is 0.000000172. The van der Waals surface area contributed by atoms with Gasteiger partial charge in [0.2, 0.25) is 0 Å². The van der Waals surface area contributed by atoms with Crippen LogP contribution in [0.1, 0.15) is 55.1 Å². The van der Waals surface area contributed by atoms with Gasteiger partial charge in [-0.1, -0.05) is 156 Å². The van der Waals surface area contributed by atoms with Crippen LogP contribution in [0.15, 0.2) is 168 Å². The van der Waals surface area contributed by atoms with Crippen LogP contribution in [0.4, 0.5) is 11.9 Å². The zero-order chi connectivity index (χ0) is 47.9. The third-order valence-electron chi connectivity index (χ3n) is 12.0. The second-order valence-electron chi connectivity index (χ2n) is 16.0. The Morgan fingerprint density at radius 3 is 1.48 bits per heavy atom. The van der Waals surface area contributed by atoms with Gasteiger partial charge >= 0.3 is 17.9 Å². The number of tetrazole rings is 2. The zero-order valence-electron chi connectivity index (χ0n) is 37.9. The maximum Gasteiger partial charge on any atom is 0.338 e. The van der Waals surface area contributed by atoms with E-state index in [2.05, 4.69) is 37.1 Å². The van der Waals surface area contributed by atoms with Crippen LogP contribution >= 0.6 is 0 Å². The average molecular weight is 920 g/mol. The Hall–Kier alpha value is -9.04. The first-order chi connectivity index (χ1) is 33.8. The lowest BCUT2D eigenvalue weighted by molar-refractivity contribution is -0.142. The van der Waals surface area contributed by atoms with Crippen molar-refractivity contribution in [3.63, 3.8) is 0 Å². The van der Waals surface area contributed by atoms with Gasteiger partial charge in [-0.2, -0.15) is 14.6 Å². The molecule has 0 bridgehead atoms. The molecule has 0 fully saturated rings. The molecule has 0 radical (unpaired) electrons. The number of rotatable bonds is 12. The van der Waals surface area contributed by atoms with Crippen LogP contribution in [-0.2, 0) is 41.8 Å². The number of nitriles is 1. The van der Waals surface area contributed by atoms with Gasteiger partial charge in [0.05, 0.1) is 23.8 Å². The van der Waals surface area contributed by atoms with Crippen molar-refractivity contribution < 1.29 is 28.6 Å². The molecule has 2 atom stereocenters. The predicted molar refractivity (Wildman–Crippen MR) is 255 cm³/mol. The van der Waals surface area contributed by atoms with Crippen LogP contribution < -0.4 is 9.80 Å². The highest BCUT2D eigenvalue weighted by atomic mass is 16.5. The summed E-state index contributed by atoms with van der Waals surface area (Å²) in [4.78, 5) is 42.9. The topological polar surface area (TPSA) is 196 Å². The molecule has 17 heteroatoms. The summed E-state index contributed by atoms with van der Waals surface area (Å²) in [7, 11) is 0. The molecule has 4 heterocycles. The summed E-state index contributed by atoms with van der Waals surface area (Å²) < 4.78 is 19.8. The lowest BCUT2D eigenvalue weighted by Crippen LogP contribution is -2.40. The number of aromatic nitrogens is 8. The minimum atomic E-state index is -0.650. The van der Waals surface area contributed by atoms with Crippen molar-refractivity contribution >= 4 is 51.3 Å². The smallest absolute Gasteiger partial charge is 0.338 e. The third-order valence-corrected chi connectivity index (χ3v) is 12.0. The van der Waals surface area contributed by atoms with Gasteiger partial charge in [0.25, 0.3) is 11.9 Å². The molecule has 10 rings (SSSR count). The molecular weight excluding hydrogens is 875 g/mol. The Morgan fingerprint density at radius 1 is 0.565 bits per heavy atom. The van der Waals surface area contributed by atoms with E-state index in [1.54, 1.807) is 39.9 Å². The highest BCUT2D eigenvalue weighted by Gasteiger charge is 2.41. The quantitative estimate of drug-likeness (QED) is 0.0660. The molecule has 0 amide bonds. The normalized spacial score (nSPS) is 15.2. The Morgan fingerprint density at radius 2 is 1.00 bits per heavy atom. The number of esters is 3. The number of carbonyl (C=O) groups excluding carboxylic acids is 3. The summed E-state index contributed by atoms with van der Waals surface area (Å²) in [5.41, 5.74) is 5.36. The number of carbonyl (C=O) groups is 3. The van der Waals surface area contributed by atoms with Crippen LogP contribution in [-0.4, -0.2) is 78.0 Å². The van der Waals surface area contributed by atoms with Gasteiger partial charge < -0.3 is 19.1 Å². The van der Waals surface area contributed by atoms with E-state index in [4.69, 9.17) is 14.2 Å². The molecule has 0 spiro atoms. The fourth-order valence-electron chi connectivity index (χ4n) is 8.76. The fraction of sp³-hybridized carbons (Fsp3) is 0.192. The molecule has 0 saturated carbocycles. The van der Waals surface area contributed by atoms with E-state index in [1.165, 1.54) is 0 Å². The maximum atomic E-state index is 13.7. The van der Waals surface area contributed by atoms with Gasteiger partial charge in [-0.3, -0.25) is 9.69 Å². The number of ether oxygens (including phenoxy) is 3. The molecule has 6 aromatic carbocycles. The molecule has 17 nitrogen and oxygen atoms in total. The number of allylic oxidation sites excluding steroid dienone is 2. The van der Waals surface area contributed by atoms with E-state index < -0.39 is 30.0 Å². The number of fused-ring (bicyclic) bond motifs is 4. The zero-order valence-corrected chi connectivity index (χ0v) is 37.9. The number of hydrogen-bond donors (Lipinski definition) is 0. The van der Waals surface area contributed by atoms with E-state index in [-0.39, 0.29) is 32.9 Å². The van der Waals surface area contributed by atoms with E-state index >= 15 is 0 Å². The summed E-state index contributed by atoms with van der Waals surface area (Å²) in [6, 6.07) is 47.6. The van der Waals surface area contributed by atoms with Crippen LogP contribution in [0.5, 0.6) is 0 Å². The lowest BCUT2D eigenvalue weighted by atomic mass is 9.91. The Kier molecular flexibility index (Phi) is 13.2. The minimum absolute atomic E-state index is 0.00390. The summed E-state index contributed by atoms with van der Waals surface area (Å²) in [5.74, 6) is -0.681. The van der Waals surface area contributed by atoms with Crippen molar-refractivity contribution in [1.82, 2.24) is 40.4 Å². The third kappa shape index (κ3) is 9.10. The molecule has 2 aliphatic heterocycles. The number of nitrogens with zero attached hydrogens (tertiary/aromatic N) is 11. The van der Waals surface area contributed by atoms with Crippen LogP contribution in [0.2, 0.25) is 0 Å². The molecule has 0 saturated heterocycles. The van der Waals surface area contributed by atoms with Crippen molar-refractivity contribution in [3.05, 3.63) is 190 Å². The van der Waals surface area contributed by atoms with Crippen LogP contribution in [0.25, 0.3) is 21.5 Å². The number of hydrogen-bond acceptors (Lipinski definition) is 15. The maximum absolute atomic E-state index is 13.7. The van der Waals surface area contributed by atoms with Crippen LogP contribution in [0, 0.1) is 11.3 Å². The first kappa shape index (κ1) is 45.1. The largest absolute Gasteiger partial charge is 0.465 e. The lowest BCUT2D eigenvalue weighted by Gasteiger charge is -2.34. The van der Waals surface area contributed by atoms with Crippen molar-refractivity contribution in [2.24, 2.45) is 0 Å². The van der Waals surface area contributed by atoms with E-state index in [0.29, 0.717) is 34.4 Å². The van der Waals surface area contributed by atoms with Gasteiger partial charge in [-0.25, -0.2) is 9.59 Å². The predicted octanol–water partition coefficient (Wildman–Crippen LogP) is 7.59. The summed E-state index contributed by atoms with van der Waals surface area (Å²) >= 11 is 0. The van der Waals surface area contributed by atoms with Gasteiger partial charge in [0.15, 0.2) is 0 Å². The number of anilines is 2. The van der Waals surface area contributed by atoms with Gasteiger partial charge in [-0.05, 0) is 85.4 Å². The first-order valence-electron chi connectivity index (χ1n) is 22.2. The molecule has 69 heavy (non-hydrogen) atoms. The molecule has 344 valence electrons. The molecule has 2 unspecified atom stereocenters. The standard InChI is InChI=1S/C27H25N5O4.C25H20N6O2/c1-3-35-23(33)16-31-18(2)24(26(34)36-17-19-10-5-4-6-11-19)25(32-27(31)28-29-30-32)22-15-9-13-20-12-7-8-14-21(20)22;1-17-22(24(32)33-16-18-8-3-2-4-9-18)23(31-25(27-28-29-31)30(17)15-14-26)21-13-7-11-19-10-5-6-12-20(19)21/h4-15,25H,3,16-17H2,1-2H3;2-13,23H,15-16H2,1H3. The Labute approximate surface area is 396 Å². The van der Waals surface area contributed by atoms with Crippen molar-refractivity contribution in [2.45, 2.75) is 46.1 Å².